The molecule has 0 aromatic heterocycles. The number of nitrogens with zero attached hydrogens (tertiary/aromatic N) is 1. The maximum atomic E-state index is 11.9. The zero-order valence-corrected chi connectivity index (χ0v) is 11.4. The van der Waals surface area contributed by atoms with Crippen molar-refractivity contribution >= 4 is 18.5 Å². The molecule has 0 radical (unpaired) electrons. The Labute approximate surface area is 104 Å². The first-order valence-electron chi connectivity index (χ1n) is 5.64. The summed E-state index contributed by atoms with van der Waals surface area (Å²) in [6, 6.07) is 0.272. The van der Waals surface area contributed by atoms with Gasteiger partial charge in [0.05, 0.1) is 0 Å². The van der Waals surface area contributed by atoms with Gasteiger partial charge in [0.15, 0.2) is 0 Å². The van der Waals surface area contributed by atoms with Gasteiger partial charge in [0.25, 0.3) is 0 Å². The van der Waals surface area contributed by atoms with Gasteiger partial charge in [-0.05, 0) is 27.2 Å². The fraction of sp³-hybridized carbons (Fsp3) is 0.909. The van der Waals surface area contributed by atoms with Crippen molar-refractivity contribution < 1.29 is 9.53 Å². The first-order chi connectivity index (χ1) is 6.94. The van der Waals surface area contributed by atoms with Crippen LogP contribution in [0.2, 0.25) is 0 Å². The highest BCUT2D eigenvalue weighted by Crippen LogP contribution is 2.14. The van der Waals surface area contributed by atoms with Gasteiger partial charge in [0.1, 0.15) is 5.60 Å². The van der Waals surface area contributed by atoms with Gasteiger partial charge in [0, 0.05) is 25.7 Å². The molecule has 5 heteroatoms. The first-order valence-corrected chi connectivity index (χ1v) is 5.64. The fourth-order valence-corrected chi connectivity index (χ4v) is 1.69. The van der Waals surface area contributed by atoms with E-state index in [1.165, 1.54) is 0 Å². The van der Waals surface area contributed by atoms with Crippen LogP contribution in [0.1, 0.15) is 34.1 Å². The largest absolute Gasteiger partial charge is 0.444 e. The van der Waals surface area contributed by atoms with Gasteiger partial charge in [0.2, 0.25) is 0 Å². The van der Waals surface area contributed by atoms with Crippen LogP contribution in [0.5, 0.6) is 0 Å². The van der Waals surface area contributed by atoms with Crippen molar-refractivity contribution in [1.82, 2.24) is 10.2 Å². The topological polar surface area (TPSA) is 41.6 Å². The minimum atomic E-state index is -0.403. The van der Waals surface area contributed by atoms with Crippen molar-refractivity contribution in [2.45, 2.75) is 45.8 Å². The first kappa shape index (κ1) is 15.5. The standard InChI is InChI=1S/C11H22N2O2.ClH/c1-5-9-8-12-6-7-13(9)10(14)15-11(2,3)4;/h9,12H,5-8H2,1-4H3;1H/t9-;/m0./s1. The van der Waals surface area contributed by atoms with E-state index in [0.717, 1.165) is 26.1 Å². The van der Waals surface area contributed by atoms with E-state index in [1.54, 1.807) is 0 Å². The van der Waals surface area contributed by atoms with Crippen LogP contribution < -0.4 is 5.32 Å². The van der Waals surface area contributed by atoms with Crippen molar-refractivity contribution in [3.63, 3.8) is 0 Å². The Morgan fingerprint density at radius 1 is 1.50 bits per heavy atom. The molecule has 1 atom stereocenters. The molecular formula is C11H23ClN2O2. The third-order valence-electron chi connectivity index (χ3n) is 2.45. The highest BCUT2D eigenvalue weighted by molar-refractivity contribution is 5.85. The Balaban J connectivity index is 0.00000225. The Bertz CT molecular complexity index is 229. The second kappa shape index (κ2) is 6.30. The Morgan fingerprint density at radius 2 is 2.12 bits per heavy atom. The van der Waals surface area contributed by atoms with Crippen LogP contribution in [0.3, 0.4) is 0 Å². The molecule has 1 rings (SSSR count). The quantitative estimate of drug-likeness (QED) is 0.774. The van der Waals surface area contributed by atoms with Crippen LogP contribution in [0.4, 0.5) is 4.79 Å². The highest BCUT2D eigenvalue weighted by atomic mass is 35.5. The van der Waals surface area contributed by atoms with Crippen molar-refractivity contribution in [2.75, 3.05) is 19.6 Å². The summed E-state index contributed by atoms with van der Waals surface area (Å²) >= 11 is 0. The Hall–Kier alpha value is -0.480. The molecule has 0 aromatic carbocycles. The molecule has 0 aromatic rings. The lowest BCUT2D eigenvalue weighted by Gasteiger charge is -2.36. The number of ether oxygens (including phenoxy) is 1. The third kappa shape index (κ3) is 4.58. The number of carbonyl (C=O) groups excluding carboxylic acids is 1. The van der Waals surface area contributed by atoms with E-state index in [1.807, 2.05) is 25.7 Å². The van der Waals surface area contributed by atoms with Crippen molar-refractivity contribution in [3.8, 4) is 0 Å². The lowest BCUT2D eigenvalue weighted by molar-refractivity contribution is 0.0117. The van der Waals surface area contributed by atoms with Gasteiger partial charge in [-0.2, -0.15) is 0 Å². The normalized spacial score (nSPS) is 21.2. The highest BCUT2D eigenvalue weighted by Gasteiger charge is 2.28. The monoisotopic (exact) mass is 250 g/mol. The SMILES string of the molecule is CC[C@H]1CNCCN1C(=O)OC(C)(C)C.Cl. The molecule has 16 heavy (non-hydrogen) atoms. The maximum absolute atomic E-state index is 11.9. The smallest absolute Gasteiger partial charge is 0.410 e. The molecule has 0 unspecified atom stereocenters. The predicted octanol–water partition coefficient (Wildman–Crippen LogP) is 2.03. The number of amides is 1. The Morgan fingerprint density at radius 3 is 2.62 bits per heavy atom. The van der Waals surface area contributed by atoms with Gasteiger partial charge >= 0.3 is 6.09 Å². The zero-order chi connectivity index (χ0) is 11.5. The van der Waals surface area contributed by atoms with E-state index in [9.17, 15) is 4.79 Å². The summed E-state index contributed by atoms with van der Waals surface area (Å²) < 4.78 is 5.37. The number of nitrogens with one attached hydrogen (secondary N) is 1. The van der Waals surface area contributed by atoms with Gasteiger partial charge in [-0.15, -0.1) is 12.4 Å². The summed E-state index contributed by atoms with van der Waals surface area (Å²) in [5.74, 6) is 0. The second-order valence-electron chi connectivity index (χ2n) is 4.94. The van der Waals surface area contributed by atoms with E-state index in [0.29, 0.717) is 0 Å². The van der Waals surface area contributed by atoms with Crippen molar-refractivity contribution in [1.29, 1.82) is 0 Å². The number of hydrogen-bond donors (Lipinski definition) is 1. The molecule has 0 spiro atoms. The lowest BCUT2D eigenvalue weighted by atomic mass is 10.1. The molecule has 1 fully saturated rings. The average Bonchev–Trinajstić information content (AvgIpc) is 2.15. The summed E-state index contributed by atoms with van der Waals surface area (Å²) in [6.45, 7) is 10.3. The van der Waals surface area contributed by atoms with E-state index in [4.69, 9.17) is 4.74 Å². The minimum absolute atomic E-state index is 0. The maximum Gasteiger partial charge on any atom is 0.410 e. The van der Waals surface area contributed by atoms with E-state index >= 15 is 0 Å². The summed E-state index contributed by atoms with van der Waals surface area (Å²) in [5.41, 5.74) is -0.403. The second-order valence-corrected chi connectivity index (χ2v) is 4.94. The van der Waals surface area contributed by atoms with Crippen LogP contribution in [0, 0.1) is 0 Å². The average molecular weight is 251 g/mol. The van der Waals surface area contributed by atoms with Crippen LogP contribution in [-0.4, -0.2) is 42.3 Å². The van der Waals surface area contributed by atoms with E-state index in [-0.39, 0.29) is 24.5 Å². The number of piperazine rings is 1. The van der Waals surface area contributed by atoms with Gasteiger partial charge in [-0.1, -0.05) is 6.92 Å². The third-order valence-corrected chi connectivity index (χ3v) is 2.45. The molecule has 96 valence electrons. The number of rotatable bonds is 1. The molecule has 1 aliphatic heterocycles. The number of halogens is 1. The minimum Gasteiger partial charge on any atom is -0.444 e. The molecule has 0 bridgehead atoms. The van der Waals surface area contributed by atoms with Gasteiger partial charge in [-0.3, -0.25) is 0 Å². The molecule has 1 saturated heterocycles. The van der Waals surface area contributed by atoms with Crippen LogP contribution in [-0.2, 0) is 4.74 Å². The summed E-state index contributed by atoms with van der Waals surface area (Å²) in [5, 5.41) is 3.28. The van der Waals surface area contributed by atoms with E-state index in [2.05, 4.69) is 12.2 Å². The summed E-state index contributed by atoms with van der Waals surface area (Å²) in [4.78, 5) is 13.7. The van der Waals surface area contributed by atoms with Crippen LogP contribution in [0.15, 0.2) is 0 Å². The van der Waals surface area contributed by atoms with Crippen LogP contribution in [0.25, 0.3) is 0 Å². The summed E-state index contributed by atoms with van der Waals surface area (Å²) in [6.07, 6.45) is 0.780. The molecule has 0 aliphatic carbocycles. The molecule has 1 aliphatic rings. The van der Waals surface area contributed by atoms with Gasteiger partial charge in [-0.25, -0.2) is 4.79 Å². The predicted molar refractivity (Wildman–Crippen MR) is 67.1 cm³/mol. The lowest BCUT2D eigenvalue weighted by Crippen LogP contribution is -2.54. The summed E-state index contributed by atoms with van der Waals surface area (Å²) in [7, 11) is 0. The molecule has 1 heterocycles. The number of hydrogen-bond acceptors (Lipinski definition) is 3. The van der Waals surface area contributed by atoms with Crippen molar-refractivity contribution in [2.24, 2.45) is 0 Å². The van der Waals surface area contributed by atoms with Crippen LogP contribution >= 0.6 is 12.4 Å². The zero-order valence-electron chi connectivity index (χ0n) is 10.6. The Kier molecular flexibility index (Phi) is 6.11. The molecule has 1 N–H and O–H groups in total. The molecule has 0 saturated carbocycles. The molecule has 4 nitrogen and oxygen atoms in total. The van der Waals surface area contributed by atoms with E-state index < -0.39 is 5.60 Å². The molecule has 1 amide bonds. The molecular weight excluding hydrogens is 228 g/mol. The van der Waals surface area contributed by atoms with Crippen molar-refractivity contribution in [3.05, 3.63) is 0 Å². The van der Waals surface area contributed by atoms with Gasteiger partial charge < -0.3 is 15.0 Å². The fourth-order valence-electron chi connectivity index (χ4n) is 1.69. The number of carbonyl (C=O) groups is 1.